The number of aromatic nitrogens is 5. The number of hydrogen-bond donors (Lipinski definition) is 1. The van der Waals surface area contributed by atoms with Crippen LogP contribution >= 0.6 is 0 Å². The number of imidazole rings is 1. The van der Waals surface area contributed by atoms with Gasteiger partial charge in [0.15, 0.2) is 5.69 Å². The van der Waals surface area contributed by atoms with Crippen molar-refractivity contribution in [1.82, 2.24) is 29.9 Å². The summed E-state index contributed by atoms with van der Waals surface area (Å²) >= 11 is 0. The van der Waals surface area contributed by atoms with E-state index < -0.39 is 0 Å². The Hall–Kier alpha value is -2.70. The second kappa shape index (κ2) is 7.27. The van der Waals surface area contributed by atoms with Gasteiger partial charge in [-0.15, -0.1) is 5.10 Å². The van der Waals surface area contributed by atoms with Crippen molar-refractivity contribution >= 4 is 16.9 Å². The molecule has 0 aliphatic heterocycles. The van der Waals surface area contributed by atoms with Crippen molar-refractivity contribution in [3.8, 4) is 0 Å². The van der Waals surface area contributed by atoms with Crippen LogP contribution in [0.5, 0.6) is 0 Å². The summed E-state index contributed by atoms with van der Waals surface area (Å²) in [5, 5.41) is 8.23. The van der Waals surface area contributed by atoms with Gasteiger partial charge >= 0.3 is 0 Å². The number of fused-ring (bicyclic) bond motifs is 1. The van der Waals surface area contributed by atoms with Gasteiger partial charge in [0.2, 0.25) is 0 Å². The van der Waals surface area contributed by atoms with Gasteiger partial charge < -0.3 is 9.88 Å². The largest absolute Gasteiger partial charge is 0.340 e. The number of carbonyl (C=O) groups is 1. The van der Waals surface area contributed by atoms with Gasteiger partial charge in [-0.1, -0.05) is 36.6 Å². The molecule has 1 aromatic carbocycles. The van der Waals surface area contributed by atoms with Crippen LogP contribution in [0.2, 0.25) is 0 Å². The number of hydrogen-bond acceptors (Lipinski definition) is 4. The van der Waals surface area contributed by atoms with Crippen LogP contribution in [0.25, 0.3) is 11.0 Å². The molecule has 0 bridgehead atoms. The number of benzene rings is 1. The van der Waals surface area contributed by atoms with E-state index in [0.29, 0.717) is 18.2 Å². The normalized spacial score (nSPS) is 15.4. The van der Waals surface area contributed by atoms with Crippen LogP contribution < -0.4 is 0 Å². The Labute approximate surface area is 152 Å². The van der Waals surface area contributed by atoms with E-state index in [1.165, 1.54) is 32.1 Å². The van der Waals surface area contributed by atoms with E-state index >= 15 is 0 Å². The minimum atomic E-state index is -0.139. The lowest BCUT2D eigenvalue weighted by atomic mass is 9.89. The molecule has 7 nitrogen and oxygen atoms in total. The predicted octanol–water partition coefficient (Wildman–Crippen LogP) is 3.01. The summed E-state index contributed by atoms with van der Waals surface area (Å²) in [6, 6.07) is 7.84. The van der Waals surface area contributed by atoms with Gasteiger partial charge in [0.25, 0.3) is 5.91 Å². The number of aromatic amines is 1. The van der Waals surface area contributed by atoms with Gasteiger partial charge in [0.1, 0.15) is 5.82 Å². The van der Waals surface area contributed by atoms with Crippen molar-refractivity contribution in [1.29, 1.82) is 0 Å². The summed E-state index contributed by atoms with van der Waals surface area (Å²) < 4.78 is 1.82. The molecule has 1 amide bonds. The van der Waals surface area contributed by atoms with E-state index in [0.717, 1.165) is 23.4 Å². The molecule has 136 valence electrons. The summed E-state index contributed by atoms with van der Waals surface area (Å²) in [5.74, 6) is 1.28. The molecule has 26 heavy (non-hydrogen) atoms. The fourth-order valence-electron chi connectivity index (χ4n) is 3.69. The van der Waals surface area contributed by atoms with Gasteiger partial charge in [0, 0.05) is 13.6 Å². The third-order valence-corrected chi connectivity index (χ3v) is 5.10. The summed E-state index contributed by atoms with van der Waals surface area (Å²) in [6.07, 6.45) is 8.19. The van der Waals surface area contributed by atoms with E-state index in [1.54, 1.807) is 18.1 Å². The molecule has 0 radical (unpaired) electrons. The Morgan fingerprint density at radius 3 is 2.88 bits per heavy atom. The maximum Gasteiger partial charge on any atom is 0.276 e. The number of rotatable bonds is 5. The second-order valence-corrected chi connectivity index (χ2v) is 7.19. The Balaban J connectivity index is 1.40. The highest BCUT2D eigenvalue weighted by Crippen LogP contribution is 2.24. The summed E-state index contributed by atoms with van der Waals surface area (Å²) in [6.45, 7) is 1.26. The van der Waals surface area contributed by atoms with Crippen LogP contribution in [0.4, 0.5) is 0 Å². The third-order valence-electron chi connectivity index (χ3n) is 5.10. The lowest BCUT2D eigenvalue weighted by Gasteiger charge is -2.20. The van der Waals surface area contributed by atoms with Crippen LogP contribution in [0.1, 0.15) is 48.4 Å². The van der Waals surface area contributed by atoms with Crippen molar-refractivity contribution in [2.45, 2.75) is 45.2 Å². The van der Waals surface area contributed by atoms with Crippen LogP contribution in [0.15, 0.2) is 30.5 Å². The molecule has 7 heteroatoms. The molecule has 1 N–H and O–H groups in total. The van der Waals surface area contributed by atoms with Crippen LogP contribution in [-0.4, -0.2) is 42.8 Å². The number of nitrogens with one attached hydrogen (secondary N) is 1. The van der Waals surface area contributed by atoms with Gasteiger partial charge in [-0.2, -0.15) is 0 Å². The van der Waals surface area contributed by atoms with E-state index in [9.17, 15) is 4.79 Å². The summed E-state index contributed by atoms with van der Waals surface area (Å²) in [5.41, 5.74) is 2.27. The molecule has 0 saturated heterocycles. The zero-order valence-electron chi connectivity index (χ0n) is 15.1. The van der Waals surface area contributed by atoms with Gasteiger partial charge in [0.05, 0.1) is 23.8 Å². The van der Waals surface area contributed by atoms with Crippen molar-refractivity contribution < 1.29 is 4.79 Å². The lowest BCUT2D eigenvalue weighted by Crippen LogP contribution is -2.27. The topological polar surface area (TPSA) is 79.7 Å². The molecule has 2 heterocycles. The fourth-order valence-corrected chi connectivity index (χ4v) is 3.69. The number of H-pyrrole nitrogens is 1. The average molecular weight is 352 g/mol. The second-order valence-electron chi connectivity index (χ2n) is 7.19. The van der Waals surface area contributed by atoms with Crippen LogP contribution in [0, 0.1) is 5.92 Å². The van der Waals surface area contributed by atoms with Crippen molar-refractivity contribution in [2.75, 3.05) is 7.05 Å². The molecular weight excluding hydrogens is 328 g/mol. The molecule has 0 unspecified atom stereocenters. The zero-order valence-corrected chi connectivity index (χ0v) is 15.1. The molecule has 1 saturated carbocycles. The highest BCUT2D eigenvalue weighted by atomic mass is 16.2. The zero-order chi connectivity index (χ0) is 17.9. The summed E-state index contributed by atoms with van der Waals surface area (Å²) in [4.78, 5) is 22.0. The molecule has 3 aromatic rings. The van der Waals surface area contributed by atoms with E-state index in [2.05, 4.69) is 20.3 Å². The number of carbonyl (C=O) groups excluding carboxylic acids is 1. The maximum atomic E-state index is 12.6. The molecule has 1 fully saturated rings. The van der Waals surface area contributed by atoms with E-state index in [-0.39, 0.29) is 5.91 Å². The molecule has 0 atom stereocenters. The average Bonchev–Trinajstić information content (AvgIpc) is 3.28. The Kier molecular flexibility index (Phi) is 4.69. The summed E-state index contributed by atoms with van der Waals surface area (Å²) in [7, 11) is 1.76. The highest BCUT2D eigenvalue weighted by molar-refractivity contribution is 5.91. The van der Waals surface area contributed by atoms with Crippen molar-refractivity contribution in [2.24, 2.45) is 5.92 Å². The van der Waals surface area contributed by atoms with Crippen molar-refractivity contribution in [3.05, 3.63) is 42.0 Å². The monoisotopic (exact) mass is 352 g/mol. The minimum Gasteiger partial charge on any atom is -0.340 e. The van der Waals surface area contributed by atoms with E-state index in [1.807, 2.05) is 28.9 Å². The fraction of sp³-hybridized carbons (Fsp3) is 0.474. The first-order chi connectivity index (χ1) is 12.7. The molecule has 2 aromatic heterocycles. The van der Waals surface area contributed by atoms with Gasteiger partial charge in [-0.25, -0.2) is 4.98 Å². The van der Waals surface area contributed by atoms with Crippen molar-refractivity contribution in [3.63, 3.8) is 0 Å². The Morgan fingerprint density at radius 1 is 1.27 bits per heavy atom. The maximum absolute atomic E-state index is 12.6. The molecule has 1 aliphatic carbocycles. The highest BCUT2D eigenvalue weighted by Gasteiger charge is 2.19. The number of amides is 1. The first kappa shape index (κ1) is 16.8. The number of nitrogens with zero attached hydrogens (tertiary/aromatic N) is 5. The smallest absolute Gasteiger partial charge is 0.276 e. The minimum absolute atomic E-state index is 0.139. The standard InChI is InChI=1S/C19H24N6O/c1-24(13-18-20-15-9-5-6-10-16(15)21-18)19(26)17-12-25(23-22-17)11-14-7-3-2-4-8-14/h5-6,9-10,12,14H,2-4,7-8,11,13H2,1H3,(H,20,21). The lowest BCUT2D eigenvalue weighted by molar-refractivity contribution is 0.0776. The van der Waals surface area contributed by atoms with Crippen LogP contribution in [0.3, 0.4) is 0 Å². The van der Waals surface area contributed by atoms with Crippen LogP contribution in [-0.2, 0) is 13.1 Å². The van der Waals surface area contributed by atoms with Gasteiger partial charge in [-0.05, 0) is 30.9 Å². The molecule has 1 aliphatic rings. The first-order valence-corrected chi connectivity index (χ1v) is 9.28. The predicted molar refractivity (Wildman–Crippen MR) is 98.5 cm³/mol. The quantitative estimate of drug-likeness (QED) is 0.765. The first-order valence-electron chi connectivity index (χ1n) is 9.28. The SMILES string of the molecule is CN(Cc1nc2ccccc2[nH]1)C(=O)c1cn(CC2CCCCC2)nn1. The molecular formula is C19H24N6O. The van der Waals surface area contributed by atoms with E-state index in [4.69, 9.17) is 0 Å². The Bertz CT molecular complexity index is 859. The van der Waals surface area contributed by atoms with Gasteiger partial charge in [-0.3, -0.25) is 9.48 Å². The third kappa shape index (κ3) is 3.61. The molecule has 0 spiro atoms. The molecule has 4 rings (SSSR count). The number of para-hydroxylation sites is 2. The Morgan fingerprint density at radius 2 is 2.08 bits per heavy atom.